The van der Waals surface area contributed by atoms with Gasteiger partial charge in [0.05, 0.1) is 0 Å². The molecule has 0 heterocycles. The fourth-order valence-corrected chi connectivity index (χ4v) is 3.94. The van der Waals surface area contributed by atoms with Gasteiger partial charge in [0.2, 0.25) is 0 Å². The minimum atomic E-state index is 0.563. The number of thioether (sulfide) groups is 2. The average molecular weight is 375 g/mol. The maximum absolute atomic E-state index is 5.07. The largest absolute Gasteiger partial charge is 0.122 e. The predicted molar refractivity (Wildman–Crippen MR) is 117 cm³/mol. The van der Waals surface area contributed by atoms with Crippen molar-refractivity contribution in [3.63, 3.8) is 0 Å². The van der Waals surface area contributed by atoms with Gasteiger partial charge in [0.25, 0.3) is 0 Å². The third-order valence-electron chi connectivity index (χ3n) is 2.13. The minimum absolute atomic E-state index is 0.563. The quantitative estimate of drug-likeness (QED) is 0.374. The number of thiocarbonyl (C=S) groups is 2. The molecule has 0 spiro atoms. The topological polar surface area (TPSA) is 0 Å². The first-order valence-electron chi connectivity index (χ1n) is 7.89. The molecule has 0 bridgehead atoms. The maximum atomic E-state index is 5.07. The average Bonchev–Trinajstić information content (AvgIpc) is 2.51. The molecule has 126 valence electrons. The molecule has 0 saturated carbocycles. The molecular weight excluding hydrogens is 344 g/mol. The highest BCUT2D eigenvalue weighted by atomic mass is 32.2. The van der Waals surface area contributed by atoms with Crippen LogP contribution in [0.15, 0.2) is 21.9 Å². The second kappa shape index (κ2) is 14.7. The summed E-state index contributed by atoms with van der Waals surface area (Å²) in [5.41, 5.74) is 2.10. The second-order valence-corrected chi connectivity index (χ2v) is 8.20. The van der Waals surface area contributed by atoms with Gasteiger partial charge >= 0.3 is 0 Å². The predicted octanol–water partition coefficient (Wildman–Crippen LogP) is 7.44. The zero-order chi connectivity index (χ0) is 17.7. The van der Waals surface area contributed by atoms with Crippen LogP contribution in [0.25, 0.3) is 0 Å². The van der Waals surface area contributed by atoms with Crippen molar-refractivity contribution >= 4 is 58.7 Å². The van der Waals surface area contributed by atoms with Crippen LogP contribution in [0.5, 0.6) is 0 Å². The summed E-state index contributed by atoms with van der Waals surface area (Å²) >= 11 is 13.9. The van der Waals surface area contributed by atoms with Crippen molar-refractivity contribution in [2.75, 3.05) is 0 Å². The highest BCUT2D eigenvalue weighted by Crippen LogP contribution is 2.36. The Bertz CT molecular complexity index is 396. The van der Waals surface area contributed by atoms with Crippen molar-refractivity contribution in [1.29, 1.82) is 0 Å². The molecule has 0 aliphatic carbocycles. The highest BCUT2D eigenvalue weighted by Gasteiger charge is 2.11. The lowest BCUT2D eigenvalue weighted by molar-refractivity contribution is 1.08. The van der Waals surface area contributed by atoms with Crippen LogP contribution in [0, 0.1) is 0 Å². The molecular formula is C18H30S4. The van der Waals surface area contributed by atoms with Crippen LogP contribution in [0.2, 0.25) is 0 Å². The Kier molecular flexibility index (Phi) is 16.2. The summed E-state index contributed by atoms with van der Waals surface area (Å²) in [6.07, 6.45) is 0. The standard InChI is InChI=1S/C14H18S4.2C2H6/c1-9(2)17-13-5-11(7-15)12(8-16)6-14(13)18-10(3)4;2*1-2/h5-10H,1-4H3;2*1-2H3. The smallest absolute Gasteiger partial charge is 0.0217 e. The molecule has 1 aromatic rings. The molecule has 0 nitrogen and oxygen atoms in total. The van der Waals surface area contributed by atoms with Gasteiger partial charge < -0.3 is 0 Å². The SMILES string of the molecule is CC.CC.CC(C)Sc1cc(C=S)c(C=S)cc1SC(C)C. The molecule has 0 unspecified atom stereocenters. The van der Waals surface area contributed by atoms with E-state index in [0.717, 1.165) is 11.1 Å². The molecule has 0 aromatic heterocycles. The van der Waals surface area contributed by atoms with Gasteiger partial charge in [-0.3, -0.25) is 0 Å². The zero-order valence-electron chi connectivity index (χ0n) is 15.1. The molecule has 0 N–H and O–H groups in total. The molecule has 0 atom stereocenters. The van der Waals surface area contributed by atoms with Gasteiger partial charge in [0.1, 0.15) is 0 Å². The van der Waals surface area contributed by atoms with E-state index in [1.807, 2.05) is 51.2 Å². The summed E-state index contributed by atoms with van der Waals surface area (Å²) in [6, 6.07) is 4.33. The van der Waals surface area contributed by atoms with Crippen molar-refractivity contribution in [3.8, 4) is 0 Å². The Morgan fingerprint density at radius 2 is 1.00 bits per heavy atom. The van der Waals surface area contributed by atoms with Crippen molar-refractivity contribution in [2.45, 2.75) is 75.7 Å². The third kappa shape index (κ3) is 9.29. The Labute approximate surface area is 157 Å². The van der Waals surface area contributed by atoms with Crippen LogP contribution >= 0.6 is 48.0 Å². The van der Waals surface area contributed by atoms with E-state index in [0.29, 0.717) is 10.5 Å². The Balaban J connectivity index is 0. The van der Waals surface area contributed by atoms with Gasteiger partial charge in [0, 0.05) is 31.0 Å². The fraction of sp³-hybridized carbons (Fsp3) is 0.556. The van der Waals surface area contributed by atoms with E-state index in [1.54, 1.807) is 10.7 Å². The van der Waals surface area contributed by atoms with Crippen LogP contribution in [-0.2, 0) is 0 Å². The molecule has 1 aromatic carbocycles. The summed E-state index contributed by atoms with van der Waals surface area (Å²) in [4.78, 5) is 2.61. The molecule has 0 radical (unpaired) electrons. The molecule has 0 aliphatic heterocycles. The molecule has 22 heavy (non-hydrogen) atoms. The van der Waals surface area contributed by atoms with Crippen LogP contribution in [0.3, 0.4) is 0 Å². The molecule has 0 amide bonds. The number of hydrogen-bond acceptors (Lipinski definition) is 4. The summed E-state index contributed by atoms with van der Waals surface area (Å²) in [5.74, 6) is 0. The van der Waals surface area contributed by atoms with Crippen molar-refractivity contribution in [3.05, 3.63) is 23.3 Å². The number of rotatable bonds is 6. The Morgan fingerprint density at radius 3 is 1.18 bits per heavy atom. The van der Waals surface area contributed by atoms with Crippen LogP contribution < -0.4 is 0 Å². The van der Waals surface area contributed by atoms with Crippen LogP contribution in [-0.4, -0.2) is 21.2 Å². The van der Waals surface area contributed by atoms with E-state index in [9.17, 15) is 0 Å². The van der Waals surface area contributed by atoms with E-state index in [4.69, 9.17) is 24.4 Å². The van der Waals surface area contributed by atoms with Crippen LogP contribution in [0.4, 0.5) is 0 Å². The van der Waals surface area contributed by atoms with Gasteiger partial charge in [-0.25, -0.2) is 0 Å². The van der Waals surface area contributed by atoms with E-state index in [1.165, 1.54) is 9.79 Å². The summed E-state index contributed by atoms with van der Waals surface area (Å²) in [5, 5.41) is 4.55. The number of hydrogen-bond donors (Lipinski definition) is 0. The first-order valence-corrected chi connectivity index (χ1v) is 10.6. The molecule has 0 fully saturated rings. The Hall–Kier alpha value is 0.1000. The lowest BCUT2D eigenvalue weighted by atomic mass is 10.1. The van der Waals surface area contributed by atoms with Crippen molar-refractivity contribution in [1.82, 2.24) is 0 Å². The van der Waals surface area contributed by atoms with E-state index < -0.39 is 0 Å². The lowest BCUT2D eigenvalue weighted by Gasteiger charge is -2.15. The summed E-state index contributed by atoms with van der Waals surface area (Å²) in [7, 11) is 0. The van der Waals surface area contributed by atoms with Gasteiger partial charge in [0.15, 0.2) is 0 Å². The van der Waals surface area contributed by atoms with Gasteiger partial charge in [-0.05, 0) is 23.3 Å². The minimum Gasteiger partial charge on any atom is -0.122 e. The van der Waals surface area contributed by atoms with Crippen molar-refractivity contribution < 1.29 is 0 Å². The number of benzene rings is 1. The molecule has 1 rings (SSSR count). The summed E-state index contributed by atoms with van der Waals surface area (Å²) < 4.78 is 0. The molecule has 0 saturated heterocycles. The first-order chi connectivity index (χ1) is 10.5. The second-order valence-electron chi connectivity index (χ2n) is 4.50. The van der Waals surface area contributed by atoms with Crippen LogP contribution in [0.1, 0.15) is 66.5 Å². The normalized spacial score (nSPS) is 9.55. The van der Waals surface area contributed by atoms with Gasteiger partial charge in [-0.2, -0.15) is 0 Å². The maximum Gasteiger partial charge on any atom is 0.0217 e. The van der Waals surface area contributed by atoms with E-state index in [2.05, 4.69) is 39.8 Å². The monoisotopic (exact) mass is 374 g/mol. The van der Waals surface area contributed by atoms with Crippen molar-refractivity contribution in [2.24, 2.45) is 0 Å². The summed E-state index contributed by atoms with van der Waals surface area (Å²) in [6.45, 7) is 16.8. The highest BCUT2D eigenvalue weighted by molar-refractivity contribution is 8.02. The first kappa shape index (κ1) is 24.4. The van der Waals surface area contributed by atoms with Gasteiger partial charge in [-0.15, -0.1) is 23.5 Å². The Morgan fingerprint density at radius 1 is 0.727 bits per heavy atom. The van der Waals surface area contributed by atoms with E-state index >= 15 is 0 Å². The lowest BCUT2D eigenvalue weighted by Crippen LogP contribution is -1.97. The fourth-order valence-electron chi connectivity index (χ4n) is 1.49. The van der Waals surface area contributed by atoms with E-state index in [-0.39, 0.29) is 0 Å². The molecule has 4 heteroatoms. The zero-order valence-corrected chi connectivity index (χ0v) is 18.4. The molecule has 0 aliphatic rings. The third-order valence-corrected chi connectivity index (χ3v) is 4.89. The van der Waals surface area contributed by atoms with Gasteiger partial charge in [-0.1, -0.05) is 79.8 Å².